The van der Waals surface area contributed by atoms with Gasteiger partial charge in [-0.05, 0) is 74.8 Å². The van der Waals surface area contributed by atoms with Crippen molar-refractivity contribution in [2.75, 3.05) is 0 Å². The molecule has 198 valence electrons. The van der Waals surface area contributed by atoms with E-state index in [4.69, 9.17) is 4.98 Å². The topological polar surface area (TPSA) is 12.9 Å². The van der Waals surface area contributed by atoms with E-state index in [9.17, 15) is 0 Å². The zero-order chi connectivity index (χ0) is 28.1. The fourth-order valence-corrected chi connectivity index (χ4v) is 5.45. The Morgan fingerprint density at radius 3 is 0.881 bits per heavy atom. The third-order valence-electron chi connectivity index (χ3n) is 7.66. The molecule has 0 atom stereocenters. The van der Waals surface area contributed by atoms with Gasteiger partial charge in [0, 0.05) is 11.1 Å². The van der Waals surface area contributed by atoms with Gasteiger partial charge in [-0.2, -0.15) is 0 Å². The van der Waals surface area contributed by atoms with E-state index in [1.165, 1.54) is 33.4 Å². The minimum atomic E-state index is 0.964. The summed E-state index contributed by atoms with van der Waals surface area (Å²) in [7, 11) is 0. The van der Waals surface area contributed by atoms with Gasteiger partial charge in [-0.15, -0.1) is 0 Å². The highest BCUT2D eigenvalue weighted by atomic mass is 14.7. The second kappa shape index (κ2) is 11.5. The summed E-state index contributed by atoms with van der Waals surface area (Å²) in [5, 5.41) is 0. The van der Waals surface area contributed by atoms with Crippen LogP contribution in [0.2, 0.25) is 0 Å². The highest BCUT2D eigenvalue weighted by Crippen LogP contribution is 2.36. The van der Waals surface area contributed by atoms with Crippen LogP contribution >= 0.6 is 0 Å². The lowest BCUT2D eigenvalue weighted by atomic mass is 9.92. The highest BCUT2D eigenvalue weighted by Gasteiger charge is 2.12. The summed E-state index contributed by atoms with van der Waals surface area (Å²) < 4.78 is 0. The Labute approximate surface area is 247 Å². The van der Waals surface area contributed by atoms with E-state index >= 15 is 0 Å². The van der Waals surface area contributed by atoms with Crippen LogP contribution in [0.1, 0.15) is 0 Å². The number of benzene rings is 6. The third kappa shape index (κ3) is 5.41. The predicted octanol–water partition coefficient (Wildman–Crippen LogP) is 11.1. The summed E-state index contributed by atoms with van der Waals surface area (Å²) in [4.78, 5) is 5.10. The van der Waals surface area contributed by atoms with E-state index in [2.05, 4.69) is 164 Å². The number of hydrogen-bond acceptors (Lipinski definition) is 1. The van der Waals surface area contributed by atoms with Crippen LogP contribution in [-0.4, -0.2) is 4.98 Å². The van der Waals surface area contributed by atoms with Crippen molar-refractivity contribution in [1.29, 1.82) is 0 Å². The molecular formula is C41H29N. The molecule has 7 rings (SSSR count). The molecule has 0 aliphatic carbocycles. The number of hydrogen-bond donors (Lipinski definition) is 0. The van der Waals surface area contributed by atoms with Crippen LogP contribution in [-0.2, 0) is 0 Å². The molecule has 7 aromatic rings. The smallest absolute Gasteiger partial charge is 0.0715 e. The second-order valence-corrected chi connectivity index (χ2v) is 10.5. The van der Waals surface area contributed by atoms with Gasteiger partial charge in [0.05, 0.1) is 11.4 Å². The first-order chi connectivity index (χ1) is 20.8. The largest absolute Gasteiger partial charge is 0.248 e. The predicted molar refractivity (Wildman–Crippen MR) is 177 cm³/mol. The molecule has 0 saturated carbocycles. The first-order valence-electron chi connectivity index (χ1n) is 14.3. The first kappa shape index (κ1) is 25.4. The minimum absolute atomic E-state index is 0.964. The molecule has 0 radical (unpaired) electrons. The van der Waals surface area contributed by atoms with Gasteiger partial charge in [0.2, 0.25) is 0 Å². The van der Waals surface area contributed by atoms with Crippen LogP contribution < -0.4 is 0 Å². The SMILES string of the molecule is c1ccc(-c2ccc(-c3cc(-c4ccccc4)cc(-c4cc(-c5ccccc5)nc(-c5ccccc5)c4)c3)cc2)cc1. The maximum absolute atomic E-state index is 5.10. The number of aromatic nitrogens is 1. The van der Waals surface area contributed by atoms with Crippen LogP contribution in [0.5, 0.6) is 0 Å². The summed E-state index contributed by atoms with van der Waals surface area (Å²) in [5.74, 6) is 0. The van der Waals surface area contributed by atoms with Crippen LogP contribution in [0.3, 0.4) is 0 Å². The Balaban J connectivity index is 1.39. The van der Waals surface area contributed by atoms with Crippen LogP contribution in [0.4, 0.5) is 0 Å². The van der Waals surface area contributed by atoms with Crippen molar-refractivity contribution in [1.82, 2.24) is 4.98 Å². The van der Waals surface area contributed by atoms with Gasteiger partial charge in [-0.1, -0.05) is 146 Å². The maximum atomic E-state index is 5.10. The van der Waals surface area contributed by atoms with E-state index in [0.29, 0.717) is 0 Å². The average molecular weight is 536 g/mol. The minimum Gasteiger partial charge on any atom is -0.248 e. The van der Waals surface area contributed by atoms with Gasteiger partial charge < -0.3 is 0 Å². The van der Waals surface area contributed by atoms with Gasteiger partial charge in [0.15, 0.2) is 0 Å². The Kier molecular flexibility index (Phi) is 6.98. The Hall–Kier alpha value is -5.53. The molecule has 0 spiro atoms. The molecule has 42 heavy (non-hydrogen) atoms. The molecule has 0 aliphatic rings. The molecule has 0 amide bonds. The normalized spacial score (nSPS) is 10.9. The Morgan fingerprint density at radius 2 is 0.476 bits per heavy atom. The molecule has 6 aromatic carbocycles. The standard InChI is InChI=1S/C41H29N/c1-5-13-30(14-6-1)32-21-23-33(24-22-32)37-25-36(31-15-7-2-8-16-31)26-38(27-37)39-28-40(34-17-9-3-10-18-34)42-41(29-39)35-19-11-4-12-20-35/h1-29H. The summed E-state index contributed by atoms with van der Waals surface area (Å²) >= 11 is 0. The van der Waals surface area contributed by atoms with Crippen molar-refractivity contribution < 1.29 is 0 Å². The molecule has 1 nitrogen and oxygen atoms in total. The van der Waals surface area contributed by atoms with Gasteiger partial charge in [0.1, 0.15) is 0 Å². The second-order valence-electron chi connectivity index (χ2n) is 10.5. The van der Waals surface area contributed by atoms with E-state index in [1.54, 1.807) is 0 Å². The number of nitrogens with zero attached hydrogens (tertiary/aromatic N) is 1. The van der Waals surface area contributed by atoms with E-state index < -0.39 is 0 Å². The van der Waals surface area contributed by atoms with Crippen molar-refractivity contribution in [2.45, 2.75) is 0 Å². The molecular weight excluding hydrogens is 506 g/mol. The molecule has 1 heteroatoms. The lowest BCUT2D eigenvalue weighted by Gasteiger charge is -2.14. The molecule has 0 unspecified atom stereocenters. The van der Waals surface area contributed by atoms with Crippen molar-refractivity contribution in [3.63, 3.8) is 0 Å². The molecule has 1 aromatic heterocycles. The Morgan fingerprint density at radius 1 is 0.214 bits per heavy atom. The molecule has 1 heterocycles. The third-order valence-corrected chi connectivity index (χ3v) is 7.66. The van der Waals surface area contributed by atoms with Crippen molar-refractivity contribution in [3.8, 4) is 67.0 Å². The highest BCUT2D eigenvalue weighted by molar-refractivity contribution is 5.84. The fourth-order valence-electron chi connectivity index (χ4n) is 5.45. The summed E-state index contributed by atoms with van der Waals surface area (Å²) in [5.41, 5.74) is 13.6. The molecule has 0 bridgehead atoms. The monoisotopic (exact) mass is 535 g/mol. The fraction of sp³-hybridized carbons (Fsp3) is 0. The number of pyridine rings is 1. The summed E-state index contributed by atoms with van der Waals surface area (Å²) in [6, 6.07) is 62.3. The first-order valence-corrected chi connectivity index (χ1v) is 14.3. The van der Waals surface area contributed by atoms with E-state index in [1.807, 2.05) is 12.1 Å². The van der Waals surface area contributed by atoms with Gasteiger partial charge in [0.25, 0.3) is 0 Å². The Bertz CT molecular complexity index is 1870. The molecule has 0 saturated heterocycles. The lowest BCUT2D eigenvalue weighted by Crippen LogP contribution is -1.92. The zero-order valence-electron chi connectivity index (χ0n) is 23.2. The van der Waals surface area contributed by atoms with E-state index in [0.717, 1.165) is 33.6 Å². The van der Waals surface area contributed by atoms with Crippen molar-refractivity contribution >= 4 is 0 Å². The summed E-state index contributed by atoms with van der Waals surface area (Å²) in [6.07, 6.45) is 0. The van der Waals surface area contributed by atoms with Crippen molar-refractivity contribution in [3.05, 3.63) is 176 Å². The lowest BCUT2D eigenvalue weighted by molar-refractivity contribution is 1.32. The molecule has 0 aliphatic heterocycles. The quantitative estimate of drug-likeness (QED) is 0.206. The van der Waals surface area contributed by atoms with E-state index in [-0.39, 0.29) is 0 Å². The van der Waals surface area contributed by atoms with Crippen molar-refractivity contribution in [2.24, 2.45) is 0 Å². The van der Waals surface area contributed by atoms with Crippen LogP contribution in [0.15, 0.2) is 176 Å². The average Bonchev–Trinajstić information content (AvgIpc) is 3.09. The van der Waals surface area contributed by atoms with Gasteiger partial charge in [-0.25, -0.2) is 4.98 Å². The molecule has 0 N–H and O–H groups in total. The maximum Gasteiger partial charge on any atom is 0.0715 e. The van der Waals surface area contributed by atoms with Crippen LogP contribution in [0, 0.1) is 0 Å². The zero-order valence-corrected chi connectivity index (χ0v) is 23.2. The number of rotatable bonds is 6. The summed E-state index contributed by atoms with van der Waals surface area (Å²) in [6.45, 7) is 0. The van der Waals surface area contributed by atoms with Gasteiger partial charge >= 0.3 is 0 Å². The molecule has 0 fully saturated rings. The van der Waals surface area contributed by atoms with Crippen LogP contribution in [0.25, 0.3) is 67.0 Å². The van der Waals surface area contributed by atoms with Gasteiger partial charge in [-0.3, -0.25) is 0 Å².